The van der Waals surface area contributed by atoms with Crippen LogP contribution in [0.5, 0.6) is 0 Å². The summed E-state index contributed by atoms with van der Waals surface area (Å²) in [5.41, 5.74) is 6.28. The summed E-state index contributed by atoms with van der Waals surface area (Å²) in [7, 11) is 4.26. The van der Waals surface area contributed by atoms with Gasteiger partial charge in [0.25, 0.3) is 0 Å². The second kappa shape index (κ2) is 6.88. The maximum Gasteiger partial charge on any atom is 0.0161 e. The number of likely N-dealkylation sites (N-methyl/N-ethyl adjacent to an activating group) is 1. The maximum absolute atomic E-state index is 6.31. The topological polar surface area (TPSA) is 32.5 Å². The van der Waals surface area contributed by atoms with Crippen molar-refractivity contribution in [1.29, 1.82) is 0 Å². The quantitative estimate of drug-likeness (QED) is 0.724. The third-order valence-electron chi connectivity index (χ3n) is 3.85. The summed E-state index contributed by atoms with van der Waals surface area (Å²) < 4.78 is 0. The first kappa shape index (κ1) is 17.9. The van der Waals surface area contributed by atoms with Crippen molar-refractivity contribution < 1.29 is 0 Å². The average molecular weight is 257 g/mol. The fourth-order valence-electron chi connectivity index (χ4n) is 1.86. The highest BCUT2D eigenvalue weighted by Gasteiger charge is 2.34. The lowest BCUT2D eigenvalue weighted by molar-refractivity contribution is 0.0993. The van der Waals surface area contributed by atoms with Crippen LogP contribution < -0.4 is 5.73 Å². The van der Waals surface area contributed by atoms with Crippen LogP contribution in [0.1, 0.15) is 41.5 Å². The van der Waals surface area contributed by atoms with Crippen molar-refractivity contribution in [3.63, 3.8) is 0 Å². The molecule has 0 spiro atoms. The predicted octanol–water partition coefficient (Wildman–Crippen LogP) is 2.27. The van der Waals surface area contributed by atoms with Gasteiger partial charge in [-0.05, 0) is 39.3 Å². The molecule has 3 heteroatoms. The molecule has 0 aromatic heterocycles. The largest absolute Gasteiger partial charge is 0.325 e. The first-order valence-electron chi connectivity index (χ1n) is 7.11. The minimum Gasteiger partial charge on any atom is -0.325 e. The molecule has 0 rings (SSSR count). The van der Waals surface area contributed by atoms with Gasteiger partial charge in [-0.25, -0.2) is 0 Å². The molecular formula is C15H35N3. The first-order valence-corrected chi connectivity index (χ1v) is 7.11. The van der Waals surface area contributed by atoms with E-state index in [1.54, 1.807) is 0 Å². The molecule has 0 radical (unpaired) electrons. The van der Waals surface area contributed by atoms with E-state index in [0.29, 0.717) is 5.92 Å². The Kier molecular flexibility index (Phi) is 6.83. The molecule has 0 unspecified atom stereocenters. The van der Waals surface area contributed by atoms with E-state index in [0.717, 1.165) is 26.2 Å². The van der Waals surface area contributed by atoms with Crippen LogP contribution in [-0.2, 0) is 0 Å². The smallest absolute Gasteiger partial charge is 0.0161 e. The molecule has 3 nitrogen and oxygen atoms in total. The van der Waals surface area contributed by atoms with Crippen molar-refractivity contribution >= 4 is 0 Å². The summed E-state index contributed by atoms with van der Waals surface area (Å²) in [6.45, 7) is 17.8. The van der Waals surface area contributed by atoms with E-state index in [4.69, 9.17) is 5.73 Å². The molecular weight excluding hydrogens is 222 g/mol. The van der Waals surface area contributed by atoms with Crippen molar-refractivity contribution in [1.82, 2.24) is 9.80 Å². The van der Waals surface area contributed by atoms with Crippen LogP contribution in [0.2, 0.25) is 0 Å². The Morgan fingerprint density at radius 3 is 1.83 bits per heavy atom. The maximum atomic E-state index is 6.31. The first-order chi connectivity index (χ1) is 7.95. The van der Waals surface area contributed by atoms with E-state index in [9.17, 15) is 0 Å². The normalized spacial score (nSPS) is 14.0. The second-order valence-electron chi connectivity index (χ2n) is 7.54. The molecule has 0 heterocycles. The van der Waals surface area contributed by atoms with Crippen molar-refractivity contribution in [2.45, 2.75) is 47.1 Å². The van der Waals surface area contributed by atoms with Crippen molar-refractivity contribution in [2.24, 2.45) is 17.1 Å². The van der Waals surface area contributed by atoms with E-state index in [2.05, 4.69) is 65.4 Å². The molecule has 0 aliphatic heterocycles. The van der Waals surface area contributed by atoms with Gasteiger partial charge in [0.15, 0.2) is 0 Å². The molecule has 0 aromatic rings. The Balaban J connectivity index is 4.57. The highest BCUT2D eigenvalue weighted by Crippen LogP contribution is 2.29. The van der Waals surface area contributed by atoms with Crippen molar-refractivity contribution in [2.75, 3.05) is 40.3 Å². The molecule has 0 aromatic carbocycles. The third kappa shape index (κ3) is 6.72. The molecule has 0 saturated carbocycles. The zero-order valence-electron chi connectivity index (χ0n) is 13.9. The Morgan fingerprint density at radius 2 is 1.50 bits per heavy atom. The fourth-order valence-corrected chi connectivity index (χ4v) is 1.86. The van der Waals surface area contributed by atoms with E-state index < -0.39 is 0 Å². The Morgan fingerprint density at radius 1 is 1.00 bits per heavy atom. The van der Waals surface area contributed by atoms with Gasteiger partial charge in [0, 0.05) is 31.7 Å². The van der Waals surface area contributed by atoms with Crippen LogP contribution in [0, 0.1) is 11.3 Å². The lowest BCUT2D eigenvalue weighted by Crippen LogP contribution is -2.54. The number of hydrogen-bond acceptors (Lipinski definition) is 3. The lowest BCUT2D eigenvalue weighted by atomic mass is 9.75. The average Bonchev–Trinajstić information content (AvgIpc) is 2.10. The van der Waals surface area contributed by atoms with E-state index in [-0.39, 0.29) is 11.0 Å². The van der Waals surface area contributed by atoms with Gasteiger partial charge in [-0.2, -0.15) is 0 Å². The fraction of sp³-hybridized carbons (Fsp3) is 1.00. The molecule has 110 valence electrons. The Hall–Kier alpha value is -0.120. The minimum atomic E-state index is -0.152. The van der Waals surface area contributed by atoms with Gasteiger partial charge in [-0.15, -0.1) is 0 Å². The number of hydrogen-bond donors (Lipinski definition) is 1. The molecule has 0 aliphatic carbocycles. The molecule has 0 aliphatic rings. The van der Waals surface area contributed by atoms with E-state index >= 15 is 0 Å². The molecule has 0 fully saturated rings. The summed E-state index contributed by atoms with van der Waals surface area (Å²) in [4.78, 5) is 4.80. The van der Waals surface area contributed by atoms with Gasteiger partial charge in [0.05, 0.1) is 0 Å². The summed E-state index contributed by atoms with van der Waals surface area (Å²) in [5.74, 6) is 0.698. The standard InChI is InChI=1S/C15H35N3/c1-13(2)11-18(10-9-17(7)8)12-14(3,4)15(5,6)16/h13H,9-12,16H2,1-8H3. The van der Waals surface area contributed by atoms with Gasteiger partial charge >= 0.3 is 0 Å². The molecule has 0 bridgehead atoms. The summed E-state index contributed by atoms with van der Waals surface area (Å²) in [6.07, 6.45) is 0. The van der Waals surface area contributed by atoms with E-state index in [1.807, 2.05) is 0 Å². The van der Waals surface area contributed by atoms with Crippen LogP contribution in [0.4, 0.5) is 0 Å². The van der Waals surface area contributed by atoms with Gasteiger partial charge < -0.3 is 15.5 Å². The summed E-state index contributed by atoms with van der Waals surface area (Å²) in [5, 5.41) is 0. The molecule has 0 amide bonds. The van der Waals surface area contributed by atoms with Crippen LogP contribution in [0.3, 0.4) is 0 Å². The van der Waals surface area contributed by atoms with E-state index in [1.165, 1.54) is 0 Å². The Bertz CT molecular complexity index is 226. The highest BCUT2D eigenvalue weighted by molar-refractivity contribution is 4.92. The van der Waals surface area contributed by atoms with Gasteiger partial charge in [-0.3, -0.25) is 0 Å². The van der Waals surface area contributed by atoms with Gasteiger partial charge in [0.2, 0.25) is 0 Å². The van der Waals surface area contributed by atoms with Crippen LogP contribution in [-0.4, -0.2) is 55.6 Å². The predicted molar refractivity (Wildman–Crippen MR) is 81.9 cm³/mol. The highest BCUT2D eigenvalue weighted by atomic mass is 15.2. The lowest BCUT2D eigenvalue weighted by Gasteiger charge is -2.43. The minimum absolute atomic E-state index is 0.119. The molecule has 18 heavy (non-hydrogen) atoms. The molecule has 0 saturated heterocycles. The van der Waals surface area contributed by atoms with Crippen LogP contribution >= 0.6 is 0 Å². The van der Waals surface area contributed by atoms with Crippen LogP contribution in [0.15, 0.2) is 0 Å². The van der Waals surface area contributed by atoms with Crippen molar-refractivity contribution in [3.05, 3.63) is 0 Å². The zero-order valence-corrected chi connectivity index (χ0v) is 13.9. The van der Waals surface area contributed by atoms with Crippen molar-refractivity contribution in [3.8, 4) is 0 Å². The van der Waals surface area contributed by atoms with Crippen LogP contribution in [0.25, 0.3) is 0 Å². The third-order valence-corrected chi connectivity index (χ3v) is 3.85. The monoisotopic (exact) mass is 257 g/mol. The Labute approximate surface area is 115 Å². The summed E-state index contributed by atoms with van der Waals surface area (Å²) in [6, 6.07) is 0. The summed E-state index contributed by atoms with van der Waals surface area (Å²) >= 11 is 0. The zero-order chi connectivity index (χ0) is 14.6. The second-order valence-corrected chi connectivity index (χ2v) is 7.54. The number of rotatable bonds is 8. The number of nitrogens with two attached hydrogens (primary N) is 1. The SMILES string of the molecule is CC(C)CN(CCN(C)C)CC(C)(C)C(C)(C)N. The number of nitrogens with zero attached hydrogens (tertiary/aromatic N) is 2. The van der Waals surface area contributed by atoms with Gasteiger partial charge in [0.1, 0.15) is 0 Å². The van der Waals surface area contributed by atoms with Gasteiger partial charge in [-0.1, -0.05) is 27.7 Å². The molecule has 0 atom stereocenters. The molecule has 2 N–H and O–H groups in total.